The van der Waals surface area contributed by atoms with Gasteiger partial charge >= 0.3 is 0 Å². The molecule has 0 bridgehead atoms. The quantitative estimate of drug-likeness (QED) is 0.657. The summed E-state index contributed by atoms with van der Waals surface area (Å²) < 4.78 is 0. The Morgan fingerprint density at radius 2 is 2.27 bits per heavy atom. The maximum absolute atomic E-state index is 11.7. The Bertz CT molecular complexity index is 231. The molecule has 1 heterocycles. The SMILES string of the molecule is CCCC(=O)N(C)C1CCCCN1C=O. The first-order chi connectivity index (χ1) is 7.20. The molecule has 1 atom stereocenters. The van der Waals surface area contributed by atoms with E-state index in [1.807, 2.05) is 6.92 Å². The number of likely N-dealkylation sites (tertiary alicyclic amines) is 1. The molecule has 4 heteroatoms. The smallest absolute Gasteiger partial charge is 0.223 e. The number of piperidine rings is 1. The van der Waals surface area contributed by atoms with Crippen molar-refractivity contribution in [1.82, 2.24) is 9.80 Å². The molecule has 1 aliphatic heterocycles. The second-order valence-corrected chi connectivity index (χ2v) is 4.07. The Balaban J connectivity index is 2.58. The Morgan fingerprint density at radius 1 is 1.53 bits per heavy atom. The molecule has 15 heavy (non-hydrogen) atoms. The molecule has 0 spiro atoms. The van der Waals surface area contributed by atoms with Crippen LogP contribution in [0.3, 0.4) is 0 Å². The normalized spacial score (nSPS) is 21.2. The fourth-order valence-corrected chi connectivity index (χ4v) is 2.03. The van der Waals surface area contributed by atoms with Crippen molar-refractivity contribution in [1.29, 1.82) is 0 Å². The van der Waals surface area contributed by atoms with E-state index in [0.717, 1.165) is 38.6 Å². The van der Waals surface area contributed by atoms with Crippen LogP contribution in [-0.4, -0.2) is 41.9 Å². The highest BCUT2D eigenvalue weighted by molar-refractivity contribution is 5.76. The number of carbonyl (C=O) groups excluding carboxylic acids is 2. The third kappa shape index (κ3) is 2.94. The molecule has 4 nitrogen and oxygen atoms in total. The van der Waals surface area contributed by atoms with E-state index in [-0.39, 0.29) is 12.1 Å². The van der Waals surface area contributed by atoms with Crippen LogP contribution < -0.4 is 0 Å². The van der Waals surface area contributed by atoms with Gasteiger partial charge in [0.15, 0.2) is 0 Å². The first-order valence-electron chi connectivity index (χ1n) is 5.67. The van der Waals surface area contributed by atoms with Crippen molar-refractivity contribution in [2.75, 3.05) is 13.6 Å². The van der Waals surface area contributed by atoms with Crippen LogP contribution in [0.2, 0.25) is 0 Å². The van der Waals surface area contributed by atoms with Gasteiger partial charge in [0.25, 0.3) is 0 Å². The summed E-state index contributed by atoms with van der Waals surface area (Å²) in [6.45, 7) is 2.77. The molecule has 1 aliphatic rings. The Morgan fingerprint density at radius 3 is 2.87 bits per heavy atom. The summed E-state index contributed by atoms with van der Waals surface area (Å²) in [5.74, 6) is 0.135. The summed E-state index contributed by atoms with van der Waals surface area (Å²) in [6.07, 6.45) is 5.32. The first kappa shape index (κ1) is 12.0. The van der Waals surface area contributed by atoms with Crippen molar-refractivity contribution >= 4 is 12.3 Å². The minimum atomic E-state index is -0.0182. The standard InChI is InChI=1S/C11H20N2O2/c1-3-6-11(15)12(2)10-7-4-5-8-13(10)9-14/h9-10H,3-8H2,1-2H3. The predicted molar refractivity (Wildman–Crippen MR) is 58.1 cm³/mol. The molecule has 0 saturated carbocycles. The zero-order valence-electron chi connectivity index (χ0n) is 9.61. The highest BCUT2D eigenvalue weighted by atomic mass is 16.2. The van der Waals surface area contributed by atoms with E-state index in [2.05, 4.69) is 0 Å². The van der Waals surface area contributed by atoms with Gasteiger partial charge in [-0.2, -0.15) is 0 Å². The fraction of sp³-hybridized carbons (Fsp3) is 0.818. The Kier molecular flexibility index (Phi) is 4.59. The van der Waals surface area contributed by atoms with E-state index in [1.165, 1.54) is 0 Å². The van der Waals surface area contributed by atoms with Crippen LogP contribution in [0, 0.1) is 0 Å². The van der Waals surface area contributed by atoms with Gasteiger partial charge in [-0.15, -0.1) is 0 Å². The molecule has 1 fully saturated rings. The molecule has 0 radical (unpaired) electrons. The van der Waals surface area contributed by atoms with E-state index in [0.29, 0.717) is 6.42 Å². The van der Waals surface area contributed by atoms with Crippen molar-refractivity contribution < 1.29 is 9.59 Å². The zero-order valence-corrected chi connectivity index (χ0v) is 9.61. The van der Waals surface area contributed by atoms with Gasteiger partial charge in [-0.25, -0.2) is 0 Å². The molecule has 0 aliphatic carbocycles. The number of amides is 2. The van der Waals surface area contributed by atoms with Crippen LogP contribution in [0.1, 0.15) is 39.0 Å². The second-order valence-electron chi connectivity index (χ2n) is 4.07. The topological polar surface area (TPSA) is 40.6 Å². The summed E-state index contributed by atoms with van der Waals surface area (Å²) in [5.41, 5.74) is 0. The van der Waals surface area contributed by atoms with Gasteiger partial charge in [0.2, 0.25) is 12.3 Å². The van der Waals surface area contributed by atoms with E-state index in [9.17, 15) is 9.59 Å². The molecule has 1 rings (SSSR count). The van der Waals surface area contributed by atoms with E-state index >= 15 is 0 Å². The van der Waals surface area contributed by atoms with Crippen molar-refractivity contribution in [3.63, 3.8) is 0 Å². The summed E-state index contributed by atoms with van der Waals surface area (Å²) >= 11 is 0. The van der Waals surface area contributed by atoms with Gasteiger partial charge < -0.3 is 9.80 Å². The van der Waals surface area contributed by atoms with Gasteiger partial charge in [-0.1, -0.05) is 6.92 Å². The van der Waals surface area contributed by atoms with Gasteiger partial charge in [-0.05, 0) is 25.7 Å². The summed E-state index contributed by atoms with van der Waals surface area (Å²) in [7, 11) is 1.80. The molecule has 0 aromatic carbocycles. The number of carbonyl (C=O) groups is 2. The Labute approximate surface area is 91.2 Å². The lowest BCUT2D eigenvalue weighted by molar-refractivity contribution is -0.140. The molecule has 86 valence electrons. The number of hydrogen-bond acceptors (Lipinski definition) is 2. The fourth-order valence-electron chi connectivity index (χ4n) is 2.03. The first-order valence-corrected chi connectivity index (χ1v) is 5.67. The highest BCUT2D eigenvalue weighted by Gasteiger charge is 2.26. The highest BCUT2D eigenvalue weighted by Crippen LogP contribution is 2.18. The summed E-state index contributed by atoms with van der Waals surface area (Å²) in [5, 5.41) is 0. The molecular weight excluding hydrogens is 192 g/mol. The predicted octanol–water partition coefficient (Wildman–Crippen LogP) is 1.21. The van der Waals surface area contributed by atoms with Crippen LogP contribution in [0.15, 0.2) is 0 Å². The van der Waals surface area contributed by atoms with Gasteiger partial charge in [0, 0.05) is 20.0 Å². The van der Waals surface area contributed by atoms with Crippen molar-refractivity contribution in [3.05, 3.63) is 0 Å². The summed E-state index contributed by atoms with van der Waals surface area (Å²) in [4.78, 5) is 26.0. The van der Waals surface area contributed by atoms with E-state index < -0.39 is 0 Å². The lowest BCUT2D eigenvalue weighted by atomic mass is 10.1. The molecule has 0 aromatic heterocycles. The lowest BCUT2D eigenvalue weighted by Gasteiger charge is -2.38. The lowest BCUT2D eigenvalue weighted by Crippen LogP contribution is -2.50. The third-order valence-electron chi connectivity index (χ3n) is 2.95. The van der Waals surface area contributed by atoms with Crippen molar-refractivity contribution in [3.8, 4) is 0 Å². The second kappa shape index (κ2) is 5.73. The summed E-state index contributed by atoms with van der Waals surface area (Å²) in [6, 6.07) is 0. The zero-order chi connectivity index (χ0) is 11.3. The molecule has 1 unspecified atom stereocenters. The molecule has 1 saturated heterocycles. The van der Waals surface area contributed by atoms with Crippen molar-refractivity contribution in [2.24, 2.45) is 0 Å². The van der Waals surface area contributed by atoms with Crippen molar-refractivity contribution in [2.45, 2.75) is 45.2 Å². The van der Waals surface area contributed by atoms with Crippen LogP contribution >= 0.6 is 0 Å². The third-order valence-corrected chi connectivity index (χ3v) is 2.95. The monoisotopic (exact) mass is 212 g/mol. The van der Waals surface area contributed by atoms with Gasteiger partial charge in [-0.3, -0.25) is 9.59 Å². The van der Waals surface area contributed by atoms with Gasteiger partial charge in [0.05, 0.1) is 0 Å². The van der Waals surface area contributed by atoms with Gasteiger partial charge in [0.1, 0.15) is 6.17 Å². The number of nitrogens with zero attached hydrogens (tertiary/aromatic N) is 2. The van der Waals surface area contributed by atoms with Crippen LogP contribution in [0.5, 0.6) is 0 Å². The van der Waals surface area contributed by atoms with Crippen LogP contribution in [-0.2, 0) is 9.59 Å². The number of hydrogen-bond donors (Lipinski definition) is 0. The number of rotatable bonds is 4. The average Bonchev–Trinajstić information content (AvgIpc) is 2.28. The average molecular weight is 212 g/mol. The van der Waals surface area contributed by atoms with Crippen LogP contribution in [0.25, 0.3) is 0 Å². The maximum atomic E-state index is 11.7. The van der Waals surface area contributed by atoms with Crippen LogP contribution in [0.4, 0.5) is 0 Å². The molecule has 0 aromatic rings. The molecule has 2 amide bonds. The van der Waals surface area contributed by atoms with E-state index in [1.54, 1.807) is 16.8 Å². The Hall–Kier alpha value is -1.06. The van der Waals surface area contributed by atoms with E-state index in [4.69, 9.17) is 0 Å². The molecular formula is C11H20N2O2. The molecule has 0 N–H and O–H groups in total. The maximum Gasteiger partial charge on any atom is 0.223 e. The largest absolute Gasteiger partial charge is 0.325 e. The minimum absolute atomic E-state index is 0.0182. The minimum Gasteiger partial charge on any atom is -0.325 e.